The lowest BCUT2D eigenvalue weighted by Crippen LogP contribution is -2.10. The number of hydrogen-bond donors (Lipinski definition) is 0. The Labute approximate surface area is 119 Å². The summed E-state index contributed by atoms with van der Waals surface area (Å²) in [5.74, 6) is 0.813. The highest BCUT2D eigenvalue weighted by molar-refractivity contribution is 6.33. The zero-order valence-electron chi connectivity index (χ0n) is 11.0. The fraction of sp³-hybridized carbons (Fsp3) is 0.176. The van der Waals surface area contributed by atoms with Crippen LogP contribution in [0.4, 0.5) is 0 Å². The fourth-order valence-corrected chi connectivity index (χ4v) is 2.26. The van der Waals surface area contributed by atoms with Crippen molar-refractivity contribution in [2.75, 3.05) is 0 Å². The molecule has 0 aromatic heterocycles. The first kappa shape index (κ1) is 13.7. The van der Waals surface area contributed by atoms with Gasteiger partial charge in [0.2, 0.25) is 0 Å². The van der Waals surface area contributed by atoms with E-state index in [2.05, 4.69) is 6.58 Å². The second-order valence-electron chi connectivity index (χ2n) is 4.43. The number of hydrogen-bond acceptors (Lipinski definition) is 1. The third-order valence-corrected chi connectivity index (χ3v) is 3.18. The Kier molecular flexibility index (Phi) is 4.64. The second-order valence-corrected chi connectivity index (χ2v) is 4.84. The zero-order valence-corrected chi connectivity index (χ0v) is 11.7. The molecular weight excluding hydrogens is 256 g/mol. The summed E-state index contributed by atoms with van der Waals surface area (Å²) in [6.45, 7) is 5.76. The third kappa shape index (κ3) is 3.39. The van der Waals surface area contributed by atoms with E-state index >= 15 is 0 Å². The minimum absolute atomic E-state index is 0.0819. The van der Waals surface area contributed by atoms with Gasteiger partial charge in [-0.3, -0.25) is 0 Å². The molecule has 2 aromatic rings. The topological polar surface area (TPSA) is 9.23 Å². The van der Waals surface area contributed by atoms with Crippen LogP contribution in [0, 0.1) is 0 Å². The Bertz CT molecular complexity index is 548. The normalized spacial score (nSPS) is 11.9. The van der Waals surface area contributed by atoms with Gasteiger partial charge in [-0.25, -0.2) is 0 Å². The lowest BCUT2D eigenvalue weighted by molar-refractivity contribution is 0.226. The van der Waals surface area contributed by atoms with E-state index in [1.54, 1.807) is 0 Å². The molecule has 0 aliphatic heterocycles. The number of ether oxygens (including phenoxy) is 1. The van der Waals surface area contributed by atoms with E-state index in [1.165, 1.54) is 0 Å². The summed E-state index contributed by atoms with van der Waals surface area (Å²) < 4.78 is 5.97. The highest BCUT2D eigenvalue weighted by Gasteiger charge is 2.12. The molecule has 0 fully saturated rings. The van der Waals surface area contributed by atoms with Gasteiger partial charge in [0.25, 0.3) is 0 Å². The van der Waals surface area contributed by atoms with Crippen LogP contribution in [-0.4, -0.2) is 6.10 Å². The minimum Gasteiger partial charge on any atom is -0.490 e. The number of benzene rings is 2. The molecule has 1 nitrogen and oxygen atoms in total. The highest BCUT2D eigenvalue weighted by Crippen LogP contribution is 2.36. The van der Waals surface area contributed by atoms with Gasteiger partial charge in [0, 0.05) is 12.0 Å². The van der Waals surface area contributed by atoms with Gasteiger partial charge in [-0.1, -0.05) is 54.1 Å². The summed E-state index contributed by atoms with van der Waals surface area (Å²) in [4.78, 5) is 0. The van der Waals surface area contributed by atoms with Crippen LogP contribution in [0.25, 0.3) is 11.1 Å². The van der Waals surface area contributed by atoms with E-state index in [1.807, 2.05) is 61.5 Å². The van der Waals surface area contributed by atoms with E-state index in [4.69, 9.17) is 16.3 Å². The van der Waals surface area contributed by atoms with E-state index in [0.717, 1.165) is 23.3 Å². The predicted octanol–water partition coefficient (Wildman–Crippen LogP) is 5.35. The zero-order chi connectivity index (χ0) is 13.7. The van der Waals surface area contributed by atoms with Crippen LogP contribution in [-0.2, 0) is 0 Å². The molecule has 2 rings (SSSR count). The van der Waals surface area contributed by atoms with Crippen LogP contribution in [0.15, 0.2) is 61.2 Å². The van der Waals surface area contributed by atoms with Crippen molar-refractivity contribution < 1.29 is 4.74 Å². The maximum absolute atomic E-state index is 6.32. The van der Waals surface area contributed by atoms with Gasteiger partial charge >= 0.3 is 0 Å². The molecule has 0 saturated carbocycles. The van der Waals surface area contributed by atoms with Crippen LogP contribution in [0.2, 0.25) is 5.02 Å². The Morgan fingerprint density at radius 1 is 1.16 bits per heavy atom. The van der Waals surface area contributed by atoms with Gasteiger partial charge in [-0.2, -0.15) is 0 Å². The maximum Gasteiger partial charge on any atom is 0.129 e. The maximum atomic E-state index is 6.32. The van der Waals surface area contributed by atoms with Gasteiger partial charge in [0.15, 0.2) is 0 Å². The van der Waals surface area contributed by atoms with E-state index in [0.29, 0.717) is 5.02 Å². The average Bonchev–Trinajstić information content (AvgIpc) is 2.40. The first-order chi connectivity index (χ1) is 9.22. The molecule has 0 bridgehead atoms. The SMILES string of the molecule is C=CC[C@H](C)Oc1cccc(Cl)c1-c1ccccc1. The van der Waals surface area contributed by atoms with Gasteiger partial charge < -0.3 is 4.74 Å². The molecule has 0 unspecified atom stereocenters. The van der Waals surface area contributed by atoms with Gasteiger partial charge in [-0.05, 0) is 24.6 Å². The molecule has 0 N–H and O–H groups in total. The first-order valence-electron chi connectivity index (χ1n) is 6.34. The monoisotopic (exact) mass is 272 g/mol. The summed E-state index contributed by atoms with van der Waals surface area (Å²) in [5.41, 5.74) is 2.01. The smallest absolute Gasteiger partial charge is 0.129 e. The van der Waals surface area contributed by atoms with Gasteiger partial charge in [-0.15, -0.1) is 6.58 Å². The van der Waals surface area contributed by atoms with Crippen LogP contribution >= 0.6 is 11.6 Å². The standard InChI is InChI=1S/C17H17ClO/c1-3-8-13(2)19-16-12-7-11-15(18)17(16)14-9-5-4-6-10-14/h3-7,9-13H,1,8H2,2H3/t13-/m0/s1. The second kappa shape index (κ2) is 6.44. The van der Waals surface area contributed by atoms with Gasteiger partial charge in [0.1, 0.15) is 5.75 Å². The Balaban J connectivity index is 2.39. The quantitative estimate of drug-likeness (QED) is 0.667. The molecule has 2 aromatic carbocycles. The van der Waals surface area contributed by atoms with Crippen molar-refractivity contribution >= 4 is 11.6 Å². The highest BCUT2D eigenvalue weighted by atomic mass is 35.5. The van der Waals surface area contributed by atoms with Crippen molar-refractivity contribution in [3.8, 4) is 16.9 Å². The van der Waals surface area contributed by atoms with Crippen molar-refractivity contribution in [2.45, 2.75) is 19.4 Å². The molecule has 98 valence electrons. The predicted molar refractivity (Wildman–Crippen MR) is 81.8 cm³/mol. The van der Waals surface area contributed by atoms with E-state index in [9.17, 15) is 0 Å². The number of rotatable bonds is 5. The summed E-state index contributed by atoms with van der Waals surface area (Å²) in [5, 5.41) is 0.703. The Morgan fingerprint density at radius 2 is 1.89 bits per heavy atom. The molecule has 0 spiro atoms. The minimum atomic E-state index is 0.0819. The molecule has 0 aliphatic rings. The van der Waals surface area contributed by atoms with Crippen LogP contribution < -0.4 is 4.74 Å². The lowest BCUT2D eigenvalue weighted by Gasteiger charge is -2.17. The molecule has 1 atom stereocenters. The van der Waals surface area contributed by atoms with Crippen LogP contribution in [0.5, 0.6) is 5.75 Å². The molecule has 0 aliphatic carbocycles. The van der Waals surface area contributed by atoms with Crippen LogP contribution in [0.3, 0.4) is 0 Å². The molecule has 0 heterocycles. The average molecular weight is 273 g/mol. The van der Waals surface area contributed by atoms with Crippen molar-refractivity contribution in [3.63, 3.8) is 0 Å². The Morgan fingerprint density at radius 3 is 2.58 bits per heavy atom. The number of halogens is 1. The summed E-state index contributed by atoms with van der Waals surface area (Å²) >= 11 is 6.32. The molecule has 2 heteroatoms. The lowest BCUT2D eigenvalue weighted by atomic mass is 10.0. The summed E-state index contributed by atoms with van der Waals surface area (Å²) in [6, 6.07) is 15.8. The summed E-state index contributed by atoms with van der Waals surface area (Å²) in [6.07, 6.45) is 2.75. The molecule has 0 saturated heterocycles. The summed E-state index contributed by atoms with van der Waals surface area (Å²) in [7, 11) is 0. The largest absolute Gasteiger partial charge is 0.490 e. The molecule has 19 heavy (non-hydrogen) atoms. The molecule has 0 radical (unpaired) electrons. The van der Waals surface area contributed by atoms with E-state index in [-0.39, 0.29) is 6.10 Å². The van der Waals surface area contributed by atoms with Gasteiger partial charge in [0.05, 0.1) is 11.1 Å². The third-order valence-electron chi connectivity index (χ3n) is 2.86. The first-order valence-corrected chi connectivity index (χ1v) is 6.71. The van der Waals surface area contributed by atoms with E-state index < -0.39 is 0 Å². The molecule has 0 amide bonds. The molecular formula is C17H17ClO. The Hall–Kier alpha value is -1.73. The van der Waals surface area contributed by atoms with Crippen molar-refractivity contribution in [1.29, 1.82) is 0 Å². The van der Waals surface area contributed by atoms with Crippen molar-refractivity contribution in [3.05, 3.63) is 66.2 Å². The van der Waals surface area contributed by atoms with Crippen molar-refractivity contribution in [1.82, 2.24) is 0 Å². The fourth-order valence-electron chi connectivity index (χ4n) is 1.99. The van der Waals surface area contributed by atoms with Crippen molar-refractivity contribution in [2.24, 2.45) is 0 Å². The van der Waals surface area contributed by atoms with Crippen LogP contribution in [0.1, 0.15) is 13.3 Å².